The normalized spacial score (nSPS) is 17.3. The van der Waals surface area contributed by atoms with E-state index < -0.39 is 0 Å². The molecule has 8 heteroatoms. The molecular weight excluding hydrogens is 411 g/mol. The summed E-state index contributed by atoms with van der Waals surface area (Å²) < 4.78 is 24.2. The molecular formula is C24H23FN4O3. The van der Waals surface area contributed by atoms with Gasteiger partial charge in [0.05, 0.1) is 5.92 Å². The van der Waals surface area contributed by atoms with E-state index in [1.54, 1.807) is 18.5 Å². The third-order valence-corrected chi connectivity index (χ3v) is 5.77. The number of piperidine rings is 1. The SMILES string of the molecule is O=C(NCc1ccc2c(c1)OCO2)C1CCCN(c2ncc(-c3cccc(F)c3)cn2)C1. The lowest BCUT2D eigenvalue weighted by atomic mass is 9.97. The van der Waals surface area contributed by atoms with Crippen molar-refractivity contribution in [1.29, 1.82) is 0 Å². The van der Waals surface area contributed by atoms with Crippen LogP contribution >= 0.6 is 0 Å². The van der Waals surface area contributed by atoms with Crippen LogP contribution in [-0.2, 0) is 11.3 Å². The minimum Gasteiger partial charge on any atom is -0.454 e. The Labute approximate surface area is 185 Å². The fourth-order valence-corrected chi connectivity index (χ4v) is 4.06. The molecule has 0 saturated carbocycles. The number of amides is 1. The minimum absolute atomic E-state index is 0.0174. The zero-order valence-corrected chi connectivity index (χ0v) is 17.5. The number of hydrogen-bond donors (Lipinski definition) is 1. The topological polar surface area (TPSA) is 76.6 Å². The second kappa shape index (κ2) is 8.82. The summed E-state index contributed by atoms with van der Waals surface area (Å²) in [5.74, 6) is 1.61. The molecule has 7 nitrogen and oxygen atoms in total. The lowest BCUT2D eigenvalue weighted by Gasteiger charge is -2.32. The highest BCUT2D eigenvalue weighted by atomic mass is 19.1. The van der Waals surface area contributed by atoms with Crippen molar-refractivity contribution in [2.24, 2.45) is 5.92 Å². The van der Waals surface area contributed by atoms with Gasteiger partial charge in [-0.1, -0.05) is 18.2 Å². The van der Waals surface area contributed by atoms with Gasteiger partial charge in [-0.15, -0.1) is 0 Å². The second-order valence-electron chi connectivity index (χ2n) is 7.97. The van der Waals surface area contributed by atoms with E-state index in [1.165, 1.54) is 12.1 Å². The van der Waals surface area contributed by atoms with E-state index in [1.807, 2.05) is 29.2 Å². The predicted molar refractivity (Wildman–Crippen MR) is 117 cm³/mol. The number of rotatable bonds is 5. The van der Waals surface area contributed by atoms with Gasteiger partial charge < -0.3 is 19.7 Å². The molecule has 0 aliphatic carbocycles. The summed E-state index contributed by atoms with van der Waals surface area (Å²) in [5, 5.41) is 3.03. The summed E-state index contributed by atoms with van der Waals surface area (Å²) in [5.41, 5.74) is 2.45. The Morgan fingerprint density at radius 3 is 2.78 bits per heavy atom. The fraction of sp³-hybridized carbons (Fsp3) is 0.292. The molecule has 32 heavy (non-hydrogen) atoms. The van der Waals surface area contributed by atoms with E-state index >= 15 is 0 Å². The van der Waals surface area contributed by atoms with Crippen molar-refractivity contribution in [2.45, 2.75) is 19.4 Å². The summed E-state index contributed by atoms with van der Waals surface area (Å²) in [6.45, 7) is 2.02. The highest BCUT2D eigenvalue weighted by molar-refractivity contribution is 5.79. The maximum absolute atomic E-state index is 13.5. The van der Waals surface area contributed by atoms with Crippen LogP contribution in [-0.4, -0.2) is 35.8 Å². The zero-order chi connectivity index (χ0) is 21.9. The maximum Gasteiger partial charge on any atom is 0.231 e. The molecule has 2 aromatic carbocycles. The first-order valence-corrected chi connectivity index (χ1v) is 10.6. The number of hydrogen-bond acceptors (Lipinski definition) is 6. The van der Waals surface area contributed by atoms with Gasteiger partial charge in [0.2, 0.25) is 18.6 Å². The van der Waals surface area contributed by atoms with Gasteiger partial charge >= 0.3 is 0 Å². The first kappa shape index (κ1) is 20.2. The van der Waals surface area contributed by atoms with Crippen LogP contribution in [0.15, 0.2) is 54.9 Å². The first-order valence-electron chi connectivity index (χ1n) is 10.6. The first-order chi connectivity index (χ1) is 15.7. The van der Waals surface area contributed by atoms with Crippen molar-refractivity contribution < 1.29 is 18.7 Å². The lowest BCUT2D eigenvalue weighted by Crippen LogP contribution is -2.43. The molecule has 2 aliphatic heterocycles. The molecule has 0 spiro atoms. The Kier molecular flexibility index (Phi) is 5.58. The monoisotopic (exact) mass is 434 g/mol. The number of aromatic nitrogens is 2. The number of nitrogens with one attached hydrogen (secondary N) is 1. The molecule has 0 radical (unpaired) electrons. The number of halogens is 1. The molecule has 0 bridgehead atoms. The van der Waals surface area contributed by atoms with Crippen LogP contribution < -0.4 is 19.7 Å². The Hall–Kier alpha value is -3.68. The average molecular weight is 434 g/mol. The van der Waals surface area contributed by atoms with E-state index in [0.717, 1.165) is 41.8 Å². The number of carbonyl (C=O) groups excluding carboxylic acids is 1. The van der Waals surface area contributed by atoms with Crippen molar-refractivity contribution in [1.82, 2.24) is 15.3 Å². The smallest absolute Gasteiger partial charge is 0.231 e. The predicted octanol–water partition coefficient (Wildman–Crippen LogP) is 3.54. The zero-order valence-electron chi connectivity index (χ0n) is 17.5. The number of carbonyl (C=O) groups is 1. The van der Waals surface area contributed by atoms with Crippen molar-refractivity contribution in [3.63, 3.8) is 0 Å². The second-order valence-corrected chi connectivity index (χ2v) is 7.97. The fourth-order valence-electron chi connectivity index (χ4n) is 4.06. The highest BCUT2D eigenvalue weighted by Crippen LogP contribution is 2.32. The van der Waals surface area contributed by atoms with Gasteiger partial charge in [0.25, 0.3) is 0 Å². The summed E-state index contributed by atoms with van der Waals surface area (Å²) in [7, 11) is 0. The quantitative estimate of drug-likeness (QED) is 0.662. The van der Waals surface area contributed by atoms with Gasteiger partial charge in [0.1, 0.15) is 5.82 Å². The third kappa shape index (κ3) is 4.34. The van der Waals surface area contributed by atoms with E-state index in [4.69, 9.17) is 9.47 Å². The highest BCUT2D eigenvalue weighted by Gasteiger charge is 2.27. The average Bonchev–Trinajstić information content (AvgIpc) is 3.31. The molecule has 1 N–H and O–H groups in total. The third-order valence-electron chi connectivity index (χ3n) is 5.77. The van der Waals surface area contributed by atoms with Gasteiger partial charge in [-0.2, -0.15) is 0 Å². The van der Waals surface area contributed by atoms with Crippen molar-refractivity contribution >= 4 is 11.9 Å². The van der Waals surface area contributed by atoms with Crippen LogP contribution in [0.2, 0.25) is 0 Å². The van der Waals surface area contributed by atoms with E-state index in [-0.39, 0.29) is 24.4 Å². The Bertz CT molecular complexity index is 1120. The Morgan fingerprint density at radius 1 is 1.09 bits per heavy atom. The van der Waals surface area contributed by atoms with Crippen LogP contribution in [0.25, 0.3) is 11.1 Å². The number of anilines is 1. The Balaban J connectivity index is 1.20. The maximum atomic E-state index is 13.5. The lowest BCUT2D eigenvalue weighted by molar-refractivity contribution is -0.125. The van der Waals surface area contributed by atoms with Gasteiger partial charge in [0, 0.05) is 37.6 Å². The summed E-state index contributed by atoms with van der Waals surface area (Å²) in [6.07, 6.45) is 5.10. The number of fused-ring (bicyclic) bond motifs is 1. The minimum atomic E-state index is -0.294. The molecule has 2 aliphatic rings. The number of nitrogens with zero attached hydrogens (tertiary/aromatic N) is 3. The molecule has 3 heterocycles. The summed E-state index contributed by atoms with van der Waals surface area (Å²) in [6, 6.07) is 12.0. The molecule has 1 saturated heterocycles. The molecule has 1 atom stereocenters. The summed E-state index contributed by atoms with van der Waals surface area (Å²) >= 11 is 0. The van der Waals surface area contributed by atoms with Gasteiger partial charge in [0.15, 0.2) is 11.5 Å². The van der Waals surface area contributed by atoms with Crippen LogP contribution in [0.4, 0.5) is 10.3 Å². The van der Waals surface area contributed by atoms with Crippen LogP contribution in [0.3, 0.4) is 0 Å². The van der Waals surface area contributed by atoms with Crippen molar-refractivity contribution in [2.75, 3.05) is 24.8 Å². The van der Waals surface area contributed by atoms with Gasteiger partial charge in [-0.05, 0) is 48.2 Å². The van der Waals surface area contributed by atoms with Crippen LogP contribution in [0.1, 0.15) is 18.4 Å². The van der Waals surface area contributed by atoms with Gasteiger partial charge in [-0.3, -0.25) is 4.79 Å². The molecule has 1 unspecified atom stereocenters. The molecule has 1 amide bonds. The van der Waals surface area contributed by atoms with E-state index in [9.17, 15) is 9.18 Å². The molecule has 5 rings (SSSR count). The molecule has 164 valence electrons. The standard InChI is InChI=1S/C24H23FN4O3/c25-20-5-1-3-17(10-20)19-12-27-24(28-13-19)29-8-2-4-18(14-29)23(30)26-11-16-6-7-21-22(9-16)32-15-31-21/h1,3,5-7,9-10,12-13,18H,2,4,8,11,14-15H2,(H,26,30). The van der Waals surface area contributed by atoms with Gasteiger partial charge in [-0.25, -0.2) is 14.4 Å². The molecule has 1 aromatic heterocycles. The summed E-state index contributed by atoms with van der Waals surface area (Å²) in [4.78, 5) is 23.7. The largest absolute Gasteiger partial charge is 0.454 e. The van der Waals surface area contributed by atoms with Crippen LogP contribution in [0.5, 0.6) is 11.5 Å². The van der Waals surface area contributed by atoms with Crippen LogP contribution in [0, 0.1) is 11.7 Å². The number of benzene rings is 2. The van der Waals surface area contributed by atoms with E-state index in [2.05, 4.69) is 15.3 Å². The van der Waals surface area contributed by atoms with E-state index in [0.29, 0.717) is 24.8 Å². The Morgan fingerprint density at radius 2 is 1.94 bits per heavy atom. The van der Waals surface area contributed by atoms with Crippen molar-refractivity contribution in [3.05, 3.63) is 66.2 Å². The number of ether oxygens (including phenoxy) is 2. The van der Waals surface area contributed by atoms with Crippen molar-refractivity contribution in [3.8, 4) is 22.6 Å². The molecule has 3 aromatic rings. The molecule has 1 fully saturated rings.